The van der Waals surface area contributed by atoms with Crippen LogP contribution in [0.2, 0.25) is 0 Å². The Morgan fingerprint density at radius 1 is 1.62 bits per heavy atom. The van der Waals surface area contributed by atoms with E-state index in [4.69, 9.17) is 10.5 Å². The maximum atomic E-state index is 12.5. The number of nitrogens with zero attached hydrogens (tertiary/aromatic N) is 2. The van der Waals surface area contributed by atoms with Gasteiger partial charge in [0.2, 0.25) is 0 Å². The Hall–Kier alpha value is -1.40. The van der Waals surface area contributed by atoms with E-state index in [1.165, 1.54) is 6.42 Å². The fraction of sp³-hybridized carbons (Fsp3) is 0.733. The number of hydrogen-bond acceptors (Lipinski definition) is 4. The summed E-state index contributed by atoms with van der Waals surface area (Å²) in [5.74, 6) is -0.0284. The summed E-state index contributed by atoms with van der Waals surface area (Å²) in [6.07, 6.45) is 6.05. The quantitative estimate of drug-likeness (QED) is 0.842. The molecule has 2 fully saturated rings. The lowest BCUT2D eigenvalue weighted by Gasteiger charge is -2.60. The summed E-state index contributed by atoms with van der Waals surface area (Å²) in [7, 11) is 1.66. The molecular weight excluding hydrogens is 268 g/mol. The van der Waals surface area contributed by atoms with Gasteiger partial charge >= 0.3 is 0 Å². The Morgan fingerprint density at radius 2 is 2.38 bits per heavy atom. The van der Waals surface area contributed by atoms with E-state index in [2.05, 4.69) is 10.4 Å². The van der Waals surface area contributed by atoms with Crippen molar-refractivity contribution in [1.82, 2.24) is 15.1 Å². The van der Waals surface area contributed by atoms with Gasteiger partial charge in [-0.05, 0) is 26.2 Å². The SMILES string of the molecule is COCCn1ncc(C(=O)NC2CC(N)C23CCC3)c1C. The second-order valence-corrected chi connectivity index (χ2v) is 6.31. The number of methoxy groups -OCH3 is 1. The molecule has 0 bridgehead atoms. The summed E-state index contributed by atoms with van der Waals surface area (Å²) in [5.41, 5.74) is 7.85. The van der Waals surface area contributed by atoms with Crippen molar-refractivity contribution < 1.29 is 9.53 Å². The van der Waals surface area contributed by atoms with Gasteiger partial charge < -0.3 is 15.8 Å². The molecule has 3 rings (SSSR count). The minimum atomic E-state index is -0.0284. The van der Waals surface area contributed by atoms with Gasteiger partial charge in [0.05, 0.1) is 24.9 Å². The van der Waals surface area contributed by atoms with E-state index in [1.54, 1.807) is 13.3 Å². The molecule has 116 valence electrons. The van der Waals surface area contributed by atoms with E-state index >= 15 is 0 Å². The molecular formula is C15H24N4O2. The molecule has 6 nitrogen and oxygen atoms in total. The summed E-state index contributed by atoms with van der Waals surface area (Å²) >= 11 is 0. The Morgan fingerprint density at radius 3 is 2.95 bits per heavy atom. The molecule has 0 radical (unpaired) electrons. The third-order valence-electron chi connectivity index (χ3n) is 5.37. The highest BCUT2D eigenvalue weighted by atomic mass is 16.5. The van der Waals surface area contributed by atoms with Crippen LogP contribution in [0.4, 0.5) is 0 Å². The van der Waals surface area contributed by atoms with E-state index in [1.807, 2.05) is 11.6 Å². The molecule has 2 unspecified atom stereocenters. The Labute approximate surface area is 125 Å². The molecule has 1 aromatic heterocycles. The van der Waals surface area contributed by atoms with Crippen LogP contribution >= 0.6 is 0 Å². The van der Waals surface area contributed by atoms with Crippen molar-refractivity contribution in [3.05, 3.63) is 17.5 Å². The van der Waals surface area contributed by atoms with Crippen LogP contribution in [0, 0.1) is 12.3 Å². The fourth-order valence-electron chi connectivity index (χ4n) is 3.64. The maximum Gasteiger partial charge on any atom is 0.254 e. The molecule has 1 amide bonds. The van der Waals surface area contributed by atoms with E-state index < -0.39 is 0 Å². The average Bonchev–Trinajstić information content (AvgIpc) is 2.75. The first-order valence-electron chi connectivity index (χ1n) is 7.66. The highest BCUT2D eigenvalue weighted by molar-refractivity contribution is 5.95. The van der Waals surface area contributed by atoms with E-state index in [0.29, 0.717) is 18.7 Å². The second-order valence-electron chi connectivity index (χ2n) is 6.31. The third-order valence-corrected chi connectivity index (χ3v) is 5.37. The highest BCUT2D eigenvalue weighted by Gasteiger charge is 2.57. The van der Waals surface area contributed by atoms with Gasteiger partial charge in [0.25, 0.3) is 5.91 Å². The molecule has 2 aliphatic carbocycles. The number of carbonyl (C=O) groups excluding carboxylic acids is 1. The minimum Gasteiger partial charge on any atom is -0.383 e. The zero-order valence-electron chi connectivity index (χ0n) is 12.8. The largest absolute Gasteiger partial charge is 0.383 e. The Balaban J connectivity index is 1.65. The lowest BCUT2D eigenvalue weighted by atomic mass is 9.50. The van der Waals surface area contributed by atoms with Crippen molar-refractivity contribution in [3.8, 4) is 0 Å². The van der Waals surface area contributed by atoms with Crippen molar-refractivity contribution in [2.24, 2.45) is 11.1 Å². The number of hydrogen-bond donors (Lipinski definition) is 2. The third kappa shape index (κ3) is 2.26. The molecule has 3 N–H and O–H groups in total. The Bertz CT molecular complexity index is 536. The van der Waals surface area contributed by atoms with Gasteiger partial charge in [-0.3, -0.25) is 9.48 Å². The van der Waals surface area contributed by atoms with Crippen LogP contribution in [0.25, 0.3) is 0 Å². The molecule has 2 atom stereocenters. The molecule has 21 heavy (non-hydrogen) atoms. The summed E-state index contributed by atoms with van der Waals surface area (Å²) < 4.78 is 6.86. The lowest BCUT2D eigenvalue weighted by Crippen LogP contribution is -2.69. The number of nitrogens with one attached hydrogen (secondary N) is 1. The smallest absolute Gasteiger partial charge is 0.254 e. The molecule has 2 saturated carbocycles. The number of nitrogens with two attached hydrogens (primary N) is 1. The highest BCUT2D eigenvalue weighted by Crippen LogP contribution is 2.55. The van der Waals surface area contributed by atoms with Crippen LogP contribution in [0.5, 0.6) is 0 Å². The number of rotatable bonds is 5. The van der Waals surface area contributed by atoms with Crippen LogP contribution in [0.1, 0.15) is 41.7 Å². The first-order chi connectivity index (χ1) is 10.1. The van der Waals surface area contributed by atoms with Crippen LogP contribution in [-0.4, -0.2) is 41.5 Å². The van der Waals surface area contributed by atoms with Crippen molar-refractivity contribution in [2.75, 3.05) is 13.7 Å². The zero-order chi connectivity index (χ0) is 15.0. The second kappa shape index (κ2) is 5.42. The molecule has 0 saturated heterocycles. The normalized spacial score (nSPS) is 26.2. The van der Waals surface area contributed by atoms with Gasteiger partial charge in [0.1, 0.15) is 0 Å². The fourth-order valence-corrected chi connectivity index (χ4v) is 3.64. The summed E-state index contributed by atoms with van der Waals surface area (Å²) in [5, 5.41) is 7.42. The standard InChI is InChI=1S/C15H24N4O2/c1-10-11(9-17-19(10)6-7-21-2)14(20)18-13-8-12(16)15(13)4-3-5-15/h9,12-13H,3-8,16H2,1-2H3,(H,18,20). The number of aromatic nitrogens is 2. The first kappa shape index (κ1) is 14.5. The molecule has 1 aromatic rings. The van der Waals surface area contributed by atoms with Crippen LogP contribution in [0.15, 0.2) is 6.20 Å². The molecule has 0 aliphatic heterocycles. The lowest BCUT2D eigenvalue weighted by molar-refractivity contribution is -0.0389. The Kier molecular flexibility index (Phi) is 3.75. The summed E-state index contributed by atoms with van der Waals surface area (Å²) in [6.45, 7) is 3.17. The van der Waals surface area contributed by atoms with Crippen LogP contribution in [-0.2, 0) is 11.3 Å². The van der Waals surface area contributed by atoms with E-state index in [9.17, 15) is 4.79 Å². The predicted octanol–water partition coefficient (Wildman–Crippen LogP) is 0.838. The summed E-state index contributed by atoms with van der Waals surface area (Å²) in [6, 6.07) is 0.484. The van der Waals surface area contributed by atoms with E-state index in [0.717, 1.165) is 25.0 Å². The zero-order valence-corrected chi connectivity index (χ0v) is 12.8. The number of carbonyl (C=O) groups is 1. The minimum absolute atomic E-state index is 0.0284. The number of amides is 1. The van der Waals surface area contributed by atoms with Gasteiger partial charge in [-0.15, -0.1) is 0 Å². The van der Waals surface area contributed by atoms with Crippen molar-refractivity contribution >= 4 is 5.91 Å². The molecule has 2 aliphatic rings. The van der Waals surface area contributed by atoms with Gasteiger partial charge in [0, 0.05) is 30.3 Å². The molecule has 1 spiro atoms. The van der Waals surface area contributed by atoms with Gasteiger partial charge in [-0.2, -0.15) is 5.10 Å². The average molecular weight is 292 g/mol. The predicted molar refractivity (Wildman–Crippen MR) is 79.0 cm³/mol. The van der Waals surface area contributed by atoms with Crippen molar-refractivity contribution in [2.45, 2.75) is 51.2 Å². The van der Waals surface area contributed by atoms with Gasteiger partial charge in [0.15, 0.2) is 0 Å². The molecule has 6 heteroatoms. The van der Waals surface area contributed by atoms with Crippen LogP contribution in [0.3, 0.4) is 0 Å². The molecule has 0 aromatic carbocycles. The van der Waals surface area contributed by atoms with Crippen LogP contribution < -0.4 is 11.1 Å². The van der Waals surface area contributed by atoms with Gasteiger partial charge in [-0.25, -0.2) is 0 Å². The summed E-state index contributed by atoms with van der Waals surface area (Å²) in [4.78, 5) is 12.5. The van der Waals surface area contributed by atoms with Crippen molar-refractivity contribution in [3.63, 3.8) is 0 Å². The first-order valence-corrected chi connectivity index (χ1v) is 7.66. The van der Waals surface area contributed by atoms with Crippen molar-refractivity contribution in [1.29, 1.82) is 0 Å². The maximum absolute atomic E-state index is 12.5. The van der Waals surface area contributed by atoms with E-state index in [-0.39, 0.29) is 23.4 Å². The number of ether oxygens (including phenoxy) is 1. The molecule has 1 heterocycles. The van der Waals surface area contributed by atoms with Gasteiger partial charge in [-0.1, -0.05) is 6.42 Å². The monoisotopic (exact) mass is 292 g/mol. The topological polar surface area (TPSA) is 82.2 Å².